The molecule has 2 aliphatic rings. The Morgan fingerprint density at radius 3 is 3.27 bits per heavy atom. The van der Waals surface area contributed by atoms with Crippen LogP contribution in [0.15, 0.2) is 29.4 Å². The second-order valence-electron chi connectivity index (χ2n) is 2.56. The third-order valence-electron chi connectivity index (χ3n) is 1.75. The zero-order valence-electron chi connectivity index (χ0n) is 5.99. The molecule has 0 fully saturated rings. The molecule has 5 N–H and O–H groups in total. The van der Waals surface area contributed by atoms with Crippen molar-refractivity contribution in [1.82, 2.24) is 5.01 Å². The van der Waals surface area contributed by atoms with Gasteiger partial charge in [-0.05, 0) is 0 Å². The molecule has 2 aliphatic heterocycles. The van der Waals surface area contributed by atoms with Gasteiger partial charge in [-0.2, -0.15) is 4.99 Å². The number of hydrazine groups is 1. The van der Waals surface area contributed by atoms with E-state index in [0.29, 0.717) is 6.54 Å². The summed E-state index contributed by atoms with van der Waals surface area (Å²) in [5, 5.41) is 1.58. The van der Waals surface area contributed by atoms with E-state index in [-0.39, 0.29) is 0 Å². The number of aliphatic imine (C=N–C) groups is 1. The molecule has 2 heterocycles. The summed E-state index contributed by atoms with van der Waals surface area (Å²) in [5.41, 5.74) is 5.63. The zero-order chi connectivity index (χ0) is 7.84. The van der Waals surface area contributed by atoms with Crippen LogP contribution < -0.4 is 16.5 Å². The molecule has 1 atom stereocenters. The van der Waals surface area contributed by atoms with E-state index >= 15 is 0 Å². The fraction of sp³-hybridized carbons (Fsp3) is 0.167. The molecule has 11 heavy (non-hydrogen) atoms. The Bertz CT molecular complexity index is 264. The summed E-state index contributed by atoms with van der Waals surface area (Å²) in [6.07, 6.45) is 5.33. The second-order valence-corrected chi connectivity index (χ2v) is 2.56. The second kappa shape index (κ2) is 2.08. The lowest BCUT2D eigenvalue weighted by Crippen LogP contribution is -3.10. The van der Waals surface area contributed by atoms with Crippen LogP contribution in [0.2, 0.25) is 0 Å². The highest BCUT2D eigenvalue weighted by Gasteiger charge is 2.27. The van der Waals surface area contributed by atoms with Gasteiger partial charge in [-0.1, -0.05) is 0 Å². The number of hydrogen-bond donors (Lipinski definition) is 3. The van der Waals surface area contributed by atoms with Crippen molar-refractivity contribution in [2.45, 2.75) is 0 Å². The van der Waals surface area contributed by atoms with E-state index in [1.807, 2.05) is 6.20 Å². The van der Waals surface area contributed by atoms with Crippen LogP contribution in [-0.2, 0) is 0 Å². The number of nitrogens with one attached hydrogen (secondary N) is 1. The third kappa shape index (κ3) is 0.903. The van der Waals surface area contributed by atoms with E-state index in [1.165, 1.54) is 0 Å². The molecule has 0 aromatic carbocycles. The molecule has 0 radical (unpaired) electrons. The summed E-state index contributed by atoms with van der Waals surface area (Å²) in [6, 6.07) is 0. The van der Waals surface area contributed by atoms with Crippen molar-refractivity contribution in [3.8, 4) is 0 Å². The Balaban J connectivity index is 2.28. The van der Waals surface area contributed by atoms with Crippen molar-refractivity contribution < 1.29 is 4.90 Å². The number of nitrogens with two attached hydrogens (primary N) is 2. The van der Waals surface area contributed by atoms with Crippen LogP contribution in [0.5, 0.6) is 0 Å². The van der Waals surface area contributed by atoms with Crippen molar-refractivity contribution in [1.29, 1.82) is 0 Å². The van der Waals surface area contributed by atoms with Crippen LogP contribution in [0.25, 0.3) is 0 Å². The Morgan fingerprint density at radius 2 is 2.45 bits per heavy atom. The molecule has 0 saturated carbocycles. The summed E-state index contributed by atoms with van der Waals surface area (Å²) in [5.74, 6) is 7.20. The first-order valence-electron chi connectivity index (χ1n) is 3.37. The van der Waals surface area contributed by atoms with Gasteiger partial charge in [-0.3, -0.25) is 0 Å². The Morgan fingerprint density at radius 1 is 1.64 bits per heavy atom. The quantitative estimate of drug-likeness (QED) is 0.342. The minimum Gasteiger partial charge on any atom is -0.353 e. The van der Waals surface area contributed by atoms with Crippen molar-refractivity contribution in [2.24, 2.45) is 16.6 Å². The Labute approximate surface area is 64.2 Å². The maximum absolute atomic E-state index is 5.63. The number of rotatable bonds is 0. The number of hydrogen-bond acceptors (Lipinski definition) is 4. The normalized spacial score (nSPS) is 28.1. The molecule has 1 unspecified atom stereocenters. The largest absolute Gasteiger partial charge is 0.353 e. The average Bonchev–Trinajstić information content (AvgIpc) is 2.32. The van der Waals surface area contributed by atoms with E-state index in [2.05, 4.69) is 4.99 Å². The minimum atomic E-state index is 0.642. The molecule has 5 nitrogen and oxygen atoms in total. The monoisotopic (exact) mass is 152 g/mol. The highest BCUT2D eigenvalue weighted by atomic mass is 15.4. The highest BCUT2D eigenvalue weighted by Crippen LogP contribution is 1.93. The predicted octanol–water partition coefficient (Wildman–Crippen LogP) is -2.30. The molecular weight excluding hydrogens is 142 g/mol. The number of fused-ring (bicyclic) bond motifs is 1. The summed E-state index contributed by atoms with van der Waals surface area (Å²) in [7, 11) is 0. The van der Waals surface area contributed by atoms with E-state index in [9.17, 15) is 0 Å². The van der Waals surface area contributed by atoms with Crippen LogP contribution in [-0.4, -0.2) is 17.4 Å². The van der Waals surface area contributed by atoms with Gasteiger partial charge in [0.25, 0.3) is 0 Å². The van der Waals surface area contributed by atoms with E-state index in [1.54, 1.807) is 17.4 Å². The fourth-order valence-corrected chi connectivity index (χ4v) is 1.17. The standard InChI is InChI=1S/C6H9N5/c7-5-3-9-6-4-10(8)1-2-11(5)6/h1-3H,4,7-8H2/p+1. The fourth-order valence-electron chi connectivity index (χ4n) is 1.17. The van der Waals surface area contributed by atoms with E-state index < -0.39 is 0 Å². The topological polar surface area (TPSA) is 72.1 Å². The van der Waals surface area contributed by atoms with Gasteiger partial charge in [0, 0.05) is 0 Å². The van der Waals surface area contributed by atoms with Crippen LogP contribution in [0, 0.1) is 0 Å². The van der Waals surface area contributed by atoms with Crippen LogP contribution in [0.1, 0.15) is 0 Å². The van der Waals surface area contributed by atoms with Gasteiger partial charge in [-0.25, -0.2) is 10.7 Å². The number of amidine groups is 1. The average molecular weight is 152 g/mol. The van der Waals surface area contributed by atoms with Crippen molar-refractivity contribution in [3.05, 3.63) is 24.4 Å². The molecular formula is C6H10N5+. The summed E-state index contributed by atoms with van der Waals surface area (Å²) < 4.78 is 0. The number of quaternary nitrogens is 1. The molecule has 5 heteroatoms. The lowest BCUT2D eigenvalue weighted by molar-refractivity contribution is -0.702. The smallest absolute Gasteiger partial charge is 0.233 e. The van der Waals surface area contributed by atoms with Gasteiger partial charge in [0.05, 0.1) is 6.20 Å². The van der Waals surface area contributed by atoms with Gasteiger partial charge in [0.2, 0.25) is 11.7 Å². The molecule has 0 aliphatic carbocycles. The summed E-state index contributed by atoms with van der Waals surface area (Å²) in [4.78, 5) is 5.12. The van der Waals surface area contributed by atoms with Crippen LogP contribution in [0.4, 0.5) is 0 Å². The van der Waals surface area contributed by atoms with Gasteiger partial charge in [-0.15, -0.1) is 0 Å². The van der Waals surface area contributed by atoms with Crippen molar-refractivity contribution >= 4 is 5.84 Å². The molecule has 0 spiro atoms. The van der Waals surface area contributed by atoms with Gasteiger partial charge >= 0.3 is 0 Å². The first-order valence-corrected chi connectivity index (χ1v) is 3.37. The van der Waals surface area contributed by atoms with Gasteiger partial charge < -0.3 is 10.7 Å². The zero-order valence-corrected chi connectivity index (χ0v) is 5.99. The Hall–Kier alpha value is -1.33. The highest BCUT2D eigenvalue weighted by molar-refractivity contribution is 5.79. The van der Waals surface area contributed by atoms with Gasteiger partial charge in [0.15, 0.2) is 0 Å². The van der Waals surface area contributed by atoms with Gasteiger partial charge in [0.1, 0.15) is 18.9 Å². The Kier molecular flexibility index (Phi) is 1.21. The predicted molar refractivity (Wildman–Crippen MR) is 40.7 cm³/mol. The maximum Gasteiger partial charge on any atom is 0.233 e. The van der Waals surface area contributed by atoms with E-state index in [4.69, 9.17) is 11.6 Å². The molecule has 0 amide bonds. The molecule has 0 aromatic heterocycles. The lowest BCUT2D eigenvalue weighted by Gasteiger charge is -2.20. The first-order chi connectivity index (χ1) is 5.27. The molecule has 0 saturated heterocycles. The van der Waals surface area contributed by atoms with E-state index in [0.717, 1.165) is 16.6 Å². The molecule has 58 valence electrons. The summed E-state index contributed by atoms with van der Waals surface area (Å²) >= 11 is 0. The minimum absolute atomic E-state index is 0.642. The molecule has 0 aromatic rings. The molecule has 2 rings (SSSR count). The summed E-state index contributed by atoms with van der Waals surface area (Å²) in [6.45, 7) is 0.642. The van der Waals surface area contributed by atoms with Crippen LogP contribution >= 0.6 is 0 Å². The maximum atomic E-state index is 5.63. The lowest BCUT2D eigenvalue weighted by atomic mass is 10.4. The molecule has 0 bridgehead atoms. The SMILES string of the molecule is NC1=CN=C2CN(N)C=C[NH+]12. The third-order valence-corrected chi connectivity index (χ3v) is 1.75. The van der Waals surface area contributed by atoms with Crippen molar-refractivity contribution in [3.63, 3.8) is 0 Å². The first kappa shape index (κ1) is 6.38. The number of nitrogens with zero attached hydrogens (tertiary/aromatic N) is 2. The van der Waals surface area contributed by atoms with Crippen LogP contribution in [0.3, 0.4) is 0 Å². The van der Waals surface area contributed by atoms with Crippen molar-refractivity contribution in [2.75, 3.05) is 6.54 Å².